The number of anilines is 2. The smallest absolute Gasteiger partial charge is 0.272 e. The van der Waals surface area contributed by atoms with E-state index in [2.05, 4.69) is 16.0 Å². The number of hydrogen-bond acceptors (Lipinski definition) is 4. The third kappa shape index (κ3) is 7.79. The quantitative estimate of drug-likeness (QED) is 0.112. The molecule has 0 aliphatic rings. The van der Waals surface area contributed by atoms with Crippen molar-refractivity contribution in [3.8, 4) is 0 Å². The number of carbonyl (C=O) groups excluding carboxylic acids is 3. The lowest BCUT2D eigenvalue weighted by Gasteiger charge is -2.17. The van der Waals surface area contributed by atoms with Crippen LogP contribution in [0.25, 0.3) is 16.8 Å². The van der Waals surface area contributed by atoms with Crippen molar-refractivity contribution in [3.63, 3.8) is 0 Å². The second kappa shape index (κ2) is 14.3. The van der Waals surface area contributed by atoms with E-state index >= 15 is 0 Å². The Kier molecular flexibility index (Phi) is 9.84. The van der Waals surface area contributed by atoms with Gasteiger partial charge in [0.05, 0.1) is 5.25 Å². The fourth-order valence-electron chi connectivity index (χ4n) is 4.55. The van der Waals surface area contributed by atoms with Crippen LogP contribution in [0.5, 0.6) is 0 Å². The standard InChI is InChI=1S/C36H30FN3O3S/c1-2-33(36(43)39-31-17-8-13-25-10-6-7-16-30(25)31)44-29-15-9-14-28(23-29)38-35(42)32(22-24-18-20-27(37)21-19-24)40-34(41)26-11-4-3-5-12-26/h3-23,33H,2H2,1H3,(H,38,42)(H,39,43)(H,40,41)/b32-22+. The summed E-state index contributed by atoms with van der Waals surface area (Å²) in [6.07, 6.45) is 2.08. The average Bonchev–Trinajstić information content (AvgIpc) is 3.05. The summed E-state index contributed by atoms with van der Waals surface area (Å²) in [6, 6.07) is 35.0. The van der Waals surface area contributed by atoms with Crippen LogP contribution in [0.15, 0.2) is 132 Å². The Morgan fingerprint density at radius 1 is 0.795 bits per heavy atom. The van der Waals surface area contributed by atoms with Gasteiger partial charge < -0.3 is 16.0 Å². The molecule has 3 N–H and O–H groups in total. The summed E-state index contributed by atoms with van der Waals surface area (Å²) in [7, 11) is 0. The van der Waals surface area contributed by atoms with Gasteiger partial charge in [-0.05, 0) is 72.0 Å². The van der Waals surface area contributed by atoms with E-state index in [-0.39, 0.29) is 16.9 Å². The van der Waals surface area contributed by atoms with Crippen LogP contribution in [0.4, 0.5) is 15.8 Å². The Morgan fingerprint density at radius 3 is 2.27 bits per heavy atom. The molecule has 0 saturated heterocycles. The zero-order valence-electron chi connectivity index (χ0n) is 23.9. The zero-order chi connectivity index (χ0) is 30.9. The molecule has 1 unspecified atom stereocenters. The van der Waals surface area contributed by atoms with Gasteiger partial charge in [0.2, 0.25) is 5.91 Å². The first-order valence-corrected chi connectivity index (χ1v) is 15.0. The maximum atomic E-state index is 13.5. The molecule has 0 spiro atoms. The molecule has 0 saturated carbocycles. The Bertz CT molecular complexity index is 1820. The van der Waals surface area contributed by atoms with Gasteiger partial charge in [0.15, 0.2) is 0 Å². The third-order valence-electron chi connectivity index (χ3n) is 6.79. The molecule has 0 aromatic heterocycles. The van der Waals surface area contributed by atoms with E-state index in [1.54, 1.807) is 48.5 Å². The molecule has 0 heterocycles. The van der Waals surface area contributed by atoms with Crippen LogP contribution >= 0.6 is 11.8 Å². The highest BCUT2D eigenvalue weighted by Gasteiger charge is 2.20. The van der Waals surface area contributed by atoms with Crippen molar-refractivity contribution in [2.75, 3.05) is 10.6 Å². The first-order valence-electron chi connectivity index (χ1n) is 14.1. The highest BCUT2D eigenvalue weighted by atomic mass is 32.2. The number of fused-ring (bicyclic) bond motifs is 1. The molecule has 5 aromatic rings. The van der Waals surface area contributed by atoms with Gasteiger partial charge in [-0.25, -0.2) is 4.39 Å². The number of rotatable bonds is 10. The van der Waals surface area contributed by atoms with Crippen molar-refractivity contribution in [2.45, 2.75) is 23.5 Å². The fraction of sp³-hybridized carbons (Fsp3) is 0.0833. The van der Waals surface area contributed by atoms with Gasteiger partial charge in [0.1, 0.15) is 11.5 Å². The minimum atomic E-state index is -0.554. The number of benzene rings is 5. The summed E-state index contributed by atoms with van der Waals surface area (Å²) < 4.78 is 13.5. The first-order chi connectivity index (χ1) is 21.4. The Morgan fingerprint density at radius 2 is 1.50 bits per heavy atom. The molecular formula is C36H30FN3O3S. The lowest BCUT2D eigenvalue weighted by Crippen LogP contribution is -2.30. The predicted molar refractivity (Wildman–Crippen MR) is 176 cm³/mol. The maximum absolute atomic E-state index is 13.5. The van der Waals surface area contributed by atoms with E-state index in [0.717, 1.165) is 21.4 Å². The summed E-state index contributed by atoms with van der Waals surface area (Å²) in [4.78, 5) is 40.4. The van der Waals surface area contributed by atoms with E-state index in [9.17, 15) is 18.8 Å². The first kappa shape index (κ1) is 30.3. The normalized spacial score (nSPS) is 11.9. The summed E-state index contributed by atoms with van der Waals surface area (Å²) in [5.41, 5.74) is 2.16. The topological polar surface area (TPSA) is 87.3 Å². The van der Waals surface area contributed by atoms with E-state index in [0.29, 0.717) is 23.2 Å². The number of amides is 3. The van der Waals surface area contributed by atoms with Crippen molar-refractivity contribution in [3.05, 3.63) is 144 Å². The van der Waals surface area contributed by atoms with Crippen LogP contribution in [0.3, 0.4) is 0 Å². The van der Waals surface area contributed by atoms with Crippen molar-refractivity contribution >= 4 is 57.7 Å². The van der Waals surface area contributed by atoms with Gasteiger partial charge in [-0.15, -0.1) is 11.8 Å². The van der Waals surface area contributed by atoms with Gasteiger partial charge in [-0.3, -0.25) is 14.4 Å². The minimum absolute atomic E-state index is 0.00980. The Labute approximate surface area is 259 Å². The maximum Gasteiger partial charge on any atom is 0.272 e. The molecule has 5 aromatic carbocycles. The second-order valence-electron chi connectivity index (χ2n) is 9.94. The molecule has 3 amide bonds. The highest BCUT2D eigenvalue weighted by molar-refractivity contribution is 8.00. The lowest BCUT2D eigenvalue weighted by atomic mass is 10.1. The van der Waals surface area contributed by atoms with Gasteiger partial charge >= 0.3 is 0 Å². The molecular weight excluding hydrogens is 573 g/mol. The summed E-state index contributed by atoms with van der Waals surface area (Å²) in [5, 5.41) is 10.2. The molecule has 0 fully saturated rings. The lowest BCUT2D eigenvalue weighted by molar-refractivity contribution is -0.116. The molecule has 0 aliphatic carbocycles. The number of hydrogen-bond donors (Lipinski definition) is 3. The molecule has 0 bridgehead atoms. The van der Waals surface area contributed by atoms with E-state index in [1.807, 2.05) is 55.5 Å². The summed E-state index contributed by atoms with van der Waals surface area (Å²) >= 11 is 1.40. The molecule has 0 aliphatic heterocycles. The SMILES string of the molecule is CCC(Sc1cccc(NC(=O)/C(=C\c2ccc(F)cc2)NC(=O)c2ccccc2)c1)C(=O)Nc1cccc2ccccc12. The van der Waals surface area contributed by atoms with Crippen molar-refractivity contribution in [1.82, 2.24) is 5.32 Å². The van der Waals surface area contributed by atoms with Gasteiger partial charge in [0.25, 0.3) is 11.8 Å². The molecule has 220 valence electrons. The van der Waals surface area contributed by atoms with Crippen LogP contribution in [0.1, 0.15) is 29.3 Å². The monoisotopic (exact) mass is 603 g/mol. The fourth-order valence-corrected chi connectivity index (χ4v) is 5.56. The minimum Gasteiger partial charge on any atom is -0.325 e. The van der Waals surface area contributed by atoms with E-state index < -0.39 is 17.6 Å². The Balaban J connectivity index is 1.31. The van der Waals surface area contributed by atoms with E-state index in [1.165, 1.54) is 42.1 Å². The van der Waals surface area contributed by atoms with Gasteiger partial charge in [-0.1, -0.05) is 79.7 Å². The number of carbonyl (C=O) groups is 3. The van der Waals surface area contributed by atoms with Gasteiger partial charge in [-0.2, -0.15) is 0 Å². The van der Waals surface area contributed by atoms with Crippen LogP contribution in [0.2, 0.25) is 0 Å². The zero-order valence-corrected chi connectivity index (χ0v) is 24.7. The molecule has 6 nitrogen and oxygen atoms in total. The summed E-state index contributed by atoms with van der Waals surface area (Å²) in [5.74, 6) is -1.54. The molecule has 1 atom stereocenters. The van der Waals surface area contributed by atoms with Crippen LogP contribution in [-0.2, 0) is 9.59 Å². The van der Waals surface area contributed by atoms with Crippen LogP contribution in [0, 0.1) is 5.82 Å². The highest BCUT2D eigenvalue weighted by Crippen LogP contribution is 2.30. The summed E-state index contributed by atoms with van der Waals surface area (Å²) in [6.45, 7) is 1.95. The average molecular weight is 604 g/mol. The largest absolute Gasteiger partial charge is 0.325 e. The third-order valence-corrected chi connectivity index (χ3v) is 8.15. The molecule has 0 radical (unpaired) electrons. The Hall–Kier alpha value is -5.21. The molecule has 8 heteroatoms. The van der Waals surface area contributed by atoms with Gasteiger partial charge in [0, 0.05) is 27.2 Å². The number of nitrogens with one attached hydrogen (secondary N) is 3. The second-order valence-corrected chi connectivity index (χ2v) is 11.2. The predicted octanol–water partition coefficient (Wildman–Crippen LogP) is 7.90. The van der Waals surface area contributed by atoms with Crippen molar-refractivity contribution in [1.29, 1.82) is 0 Å². The number of halogens is 1. The molecule has 5 rings (SSSR count). The van der Waals surface area contributed by atoms with Crippen LogP contribution in [-0.4, -0.2) is 23.0 Å². The molecule has 44 heavy (non-hydrogen) atoms. The van der Waals surface area contributed by atoms with Crippen molar-refractivity contribution in [2.24, 2.45) is 0 Å². The number of thioether (sulfide) groups is 1. The van der Waals surface area contributed by atoms with Crippen LogP contribution < -0.4 is 16.0 Å². The van der Waals surface area contributed by atoms with Crippen molar-refractivity contribution < 1.29 is 18.8 Å². The van der Waals surface area contributed by atoms with E-state index in [4.69, 9.17) is 0 Å².